The maximum atomic E-state index is 13.8. The average molecular weight is 512 g/mol. The summed E-state index contributed by atoms with van der Waals surface area (Å²) in [6.45, 7) is 8.97. The zero-order valence-corrected chi connectivity index (χ0v) is 22.6. The number of ketones is 2. The Morgan fingerprint density at radius 2 is 1.51 bits per heavy atom. The van der Waals surface area contributed by atoms with Crippen molar-refractivity contribution < 1.29 is 33.7 Å². The molecule has 37 heavy (non-hydrogen) atoms. The highest BCUT2D eigenvalue weighted by Crippen LogP contribution is 2.54. The van der Waals surface area contributed by atoms with E-state index in [4.69, 9.17) is 19.3 Å². The smallest absolute Gasteiger partial charge is 0.341 e. The minimum atomic E-state index is -1.09. The molecule has 2 aliphatic carbocycles. The summed E-state index contributed by atoms with van der Waals surface area (Å²) < 4.78 is 16.4. The highest BCUT2D eigenvalue weighted by Gasteiger charge is 2.49. The van der Waals surface area contributed by atoms with Crippen molar-refractivity contribution in [1.29, 1.82) is 0 Å². The molecule has 0 atom stereocenters. The molecule has 8 nitrogen and oxygen atoms in total. The van der Waals surface area contributed by atoms with Gasteiger partial charge in [0.25, 0.3) is 0 Å². The SMILES string of the molecule is COCCN1C2=C(C(=O)CC(C)(C)C2)C(c2ccc(OCC(=O)O)c(OC)c2)C2=C1CC(C)(C)CC2=O. The molecule has 0 saturated carbocycles. The Bertz CT molecular complexity index is 1140. The number of rotatable bonds is 8. The second-order valence-electron chi connectivity index (χ2n) is 11.8. The van der Waals surface area contributed by atoms with Crippen molar-refractivity contribution in [1.82, 2.24) is 4.90 Å². The molecule has 0 bridgehead atoms. The lowest BCUT2D eigenvalue weighted by molar-refractivity contribution is -0.139. The van der Waals surface area contributed by atoms with Crippen LogP contribution in [0.15, 0.2) is 40.7 Å². The van der Waals surface area contributed by atoms with Gasteiger partial charge in [-0.2, -0.15) is 0 Å². The Labute approximate surface area is 218 Å². The molecule has 1 aromatic carbocycles. The first kappa shape index (κ1) is 26.9. The molecule has 4 rings (SSSR count). The highest BCUT2D eigenvalue weighted by atomic mass is 16.5. The number of carbonyl (C=O) groups excluding carboxylic acids is 2. The molecule has 0 amide bonds. The van der Waals surface area contributed by atoms with Crippen LogP contribution in [0.2, 0.25) is 0 Å². The number of methoxy groups -OCH3 is 2. The Morgan fingerprint density at radius 3 is 2.00 bits per heavy atom. The van der Waals surface area contributed by atoms with Gasteiger partial charge in [0, 0.05) is 55.0 Å². The van der Waals surface area contributed by atoms with Crippen molar-refractivity contribution in [2.24, 2.45) is 10.8 Å². The summed E-state index contributed by atoms with van der Waals surface area (Å²) in [4.78, 5) is 40.8. The van der Waals surface area contributed by atoms with Gasteiger partial charge < -0.3 is 24.2 Å². The zero-order chi connectivity index (χ0) is 27.1. The molecule has 0 spiro atoms. The van der Waals surface area contributed by atoms with Crippen molar-refractivity contribution >= 4 is 17.5 Å². The molecular weight excluding hydrogens is 474 g/mol. The van der Waals surface area contributed by atoms with Gasteiger partial charge in [-0.05, 0) is 41.4 Å². The highest BCUT2D eigenvalue weighted by molar-refractivity contribution is 6.06. The number of carboxylic acids is 1. The van der Waals surface area contributed by atoms with Crippen LogP contribution in [0, 0.1) is 10.8 Å². The fraction of sp³-hybridized carbons (Fsp3) is 0.552. The molecular formula is C29H37NO7. The molecule has 0 fully saturated rings. The standard InChI is InChI=1S/C29H37NO7/c1-28(2)12-18-26(20(31)14-28)25(17-7-8-22(23(11-17)36-6)37-16-24(33)34)27-19(30(18)9-10-35-5)13-29(3,4)15-21(27)32/h7-8,11,25H,9-10,12-16H2,1-6H3,(H,33,34). The van der Waals surface area contributed by atoms with Gasteiger partial charge in [0.1, 0.15) is 0 Å². The summed E-state index contributed by atoms with van der Waals surface area (Å²) in [5.41, 5.74) is 3.63. The first-order valence-electron chi connectivity index (χ1n) is 12.7. The van der Waals surface area contributed by atoms with E-state index in [0.717, 1.165) is 29.8 Å². The normalized spacial score (nSPS) is 21.1. The van der Waals surface area contributed by atoms with Crippen LogP contribution in [0.3, 0.4) is 0 Å². The molecule has 1 N–H and O–H groups in total. The first-order valence-corrected chi connectivity index (χ1v) is 12.7. The number of nitrogens with zero attached hydrogens (tertiary/aromatic N) is 1. The lowest BCUT2D eigenvalue weighted by Crippen LogP contribution is -2.45. The summed E-state index contributed by atoms with van der Waals surface area (Å²) in [7, 11) is 3.14. The largest absolute Gasteiger partial charge is 0.493 e. The van der Waals surface area contributed by atoms with Crippen LogP contribution >= 0.6 is 0 Å². The maximum absolute atomic E-state index is 13.8. The molecule has 3 aliphatic rings. The van der Waals surface area contributed by atoms with E-state index in [9.17, 15) is 14.4 Å². The third kappa shape index (κ3) is 5.30. The van der Waals surface area contributed by atoms with Gasteiger partial charge in [-0.15, -0.1) is 0 Å². The van der Waals surface area contributed by atoms with Gasteiger partial charge in [-0.1, -0.05) is 33.8 Å². The number of Topliss-reactive ketones (excluding diaryl/α,β-unsaturated/α-hetero) is 2. The number of ether oxygens (including phenoxy) is 3. The second-order valence-corrected chi connectivity index (χ2v) is 11.8. The lowest BCUT2D eigenvalue weighted by atomic mass is 9.63. The summed E-state index contributed by atoms with van der Waals surface area (Å²) >= 11 is 0. The Hall–Kier alpha value is -3.13. The average Bonchev–Trinajstić information content (AvgIpc) is 2.79. The number of allylic oxidation sites excluding steroid dienone is 4. The topological polar surface area (TPSA) is 102 Å². The monoisotopic (exact) mass is 511 g/mol. The van der Waals surface area contributed by atoms with Gasteiger partial charge in [0.15, 0.2) is 29.7 Å². The number of carboxylic acid groups (broad SMARTS) is 1. The predicted molar refractivity (Wildman–Crippen MR) is 138 cm³/mol. The quantitative estimate of drug-likeness (QED) is 0.545. The summed E-state index contributed by atoms with van der Waals surface area (Å²) in [5, 5.41) is 9.02. The lowest BCUT2D eigenvalue weighted by Gasteiger charge is -2.49. The summed E-state index contributed by atoms with van der Waals surface area (Å²) in [5.74, 6) is -0.858. The van der Waals surface area contributed by atoms with Crippen LogP contribution < -0.4 is 9.47 Å². The minimum Gasteiger partial charge on any atom is -0.493 e. The van der Waals surface area contributed by atoms with Gasteiger partial charge in [0.2, 0.25) is 0 Å². The molecule has 1 aromatic rings. The fourth-order valence-corrected chi connectivity index (χ4v) is 5.96. The number of benzene rings is 1. The number of hydrogen-bond donors (Lipinski definition) is 1. The first-order chi connectivity index (χ1) is 17.4. The third-order valence-corrected chi connectivity index (χ3v) is 7.41. The van der Waals surface area contributed by atoms with Crippen LogP contribution in [0.5, 0.6) is 11.5 Å². The van der Waals surface area contributed by atoms with E-state index in [1.54, 1.807) is 19.2 Å². The van der Waals surface area contributed by atoms with E-state index in [2.05, 4.69) is 32.6 Å². The Kier molecular flexibility index (Phi) is 7.25. The van der Waals surface area contributed by atoms with Gasteiger partial charge in [-0.3, -0.25) is 9.59 Å². The molecule has 1 heterocycles. The van der Waals surface area contributed by atoms with Crippen LogP contribution in [0.1, 0.15) is 64.9 Å². The van der Waals surface area contributed by atoms with E-state index in [-0.39, 0.29) is 22.4 Å². The summed E-state index contributed by atoms with van der Waals surface area (Å²) in [6.07, 6.45) is 2.24. The van der Waals surface area contributed by atoms with Crippen molar-refractivity contribution in [3.05, 3.63) is 46.3 Å². The van der Waals surface area contributed by atoms with E-state index in [0.29, 0.717) is 48.6 Å². The van der Waals surface area contributed by atoms with E-state index < -0.39 is 18.5 Å². The fourth-order valence-electron chi connectivity index (χ4n) is 5.96. The number of hydrogen-bond acceptors (Lipinski definition) is 7. The van der Waals surface area contributed by atoms with Crippen LogP contribution in [0.25, 0.3) is 0 Å². The Balaban J connectivity index is 1.93. The van der Waals surface area contributed by atoms with Crippen molar-refractivity contribution in [2.75, 3.05) is 34.0 Å². The molecule has 200 valence electrons. The van der Waals surface area contributed by atoms with E-state index >= 15 is 0 Å². The minimum absolute atomic E-state index is 0.0491. The molecule has 0 aromatic heterocycles. The van der Waals surface area contributed by atoms with E-state index in [1.807, 2.05) is 6.07 Å². The number of aliphatic carboxylic acids is 1. The molecule has 0 radical (unpaired) electrons. The zero-order valence-electron chi connectivity index (χ0n) is 22.6. The van der Waals surface area contributed by atoms with Crippen LogP contribution in [-0.4, -0.2) is 61.5 Å². The third-order valence-electron chi connectivity index (χ3n) is 7.41. The second kappa shape index (κ2) is 9.97. The Morgan fingerprint density at radius 1 is 0.946 bits per heavy atom. The molecule has 0 unspecified atom stereocenters. The molecule has 1 aliphatic heterocycles. The van der Waals surface area contributed by atoms with Crippen LogP contribution in [0.4, 0.5) is 0 Å². The maximum Gasteiger partial charge on any atom is 0.341 e. The molecule has 8 heteroatoms. The van der Waals surface area contributed by atoms with Gasteiger partial charge in [0.05, 0.1) is 13.7 Å². The predicted octanol–water partition coefficient (Wildman–Crippen LogP) is 4.49. The van der Waals surface area contributed by atoms with E-state index in [1.165, 1.54) is 7.11 Å². The molecule has 0 saturated heterocycles. The van der Waals surface area contributed by atoms with Gasteiger partial charge in [-0.25, -0.2) is 4.79 Å². The van der Waals surface area contributed by atoms with Gasteiger partial charge >= 0.3 is 5.97 Å². The number of carbonyl (C=O) groups is 3. The van der Waals surface area contributed by atoms with Crippen molar-refractivity contribution in [3.63, 3.8) is 0 Å². The van der Waals surface area contributed by atoms with Crippen molar-refractivity contribution in [3.8, 4) is 11.5 Å². The van der Waals surface area contributed by atoms with Crippen molar-refractivity contribution in [2.45, 2.75) is 59.3 Å². The van der Waals surface area contributed by atoms with Crippen LogP contribution in [-0.2, 0) is 19.1 Å². The summed E-state index contributed by atoms with van der Waals surface area (Å²) in [6, 6.07) is 5.23.